The molecule has 0 unspecified atom stereocenters. The van der Waals surface area contributed by atoms with Crippen LogP contribution in [0, 0.1) is 0 Å². The Morgan fingerprint density at radius 3 is 2.71 bits per heavy atom. The second kappa shape index (κ2) is 4.77. The van der Waals surface area contributed by atoms with Crippen LogP contribution in [0.3, 0.4) is 0 Å². The molecular weight excluding hydrogens is 258 g/mol. The van der Waals surface area contributed by atoms with E-state index in [0.717, 1.165) is 4.88 Å². The van der Waals surface area contributed by atoms with Crippen molar-refractivity contribution in [2.24, 2.45) is 0 Å². The van der Waals surface area contributed by atoms with Gasteiger partial charge in [0.1, 0.15) is 9.88 Å². The molecule has 2 aromatic heterocycles. The van der Waals surface area contributed by atoms with Crippen LogP contribution < -0.4 is 0 Å². The Hall–Kier alpha value is -1.53. The van der Waals surface area contributed by atoms with Gasteiger partial charge in [0.15, 0.2) is 11.5 Å². The SMILES string of the molecule is COC(=O)c1nc(-c2cccs2)sc1C(C)=O. The van der Waals surface area contributed by atoms with Crippen molar-refractivity contribution in [3.05, 3.63) is 28.1 Å². The molecule has 0 aliphatic carbocycles. The van der Waals surface area contributed by atoms with E-state index < -0.39 is 5.97 Å². The normalized spacial score (nSPS) is 10.2. The van der Waals surface area contributed by atoms with E-state index in [1.807, 2.05) is 17.5 Å². The van der Waals surface area contributed by atoms with E-state index in [-0.39, 0.29) is 11.5 Å². The number of hydrogen-bond acceptors (Lipinski definition) is 6. The molecule has 0 N–H and O–H groups in total. The highest BCUT2D eigenvalue weighted by atomic mass is 32.1. The average molecular weight is 267 g/mol. The third kappa shape index (κ3) is 2.27. The maximum absolute atomic E-state index is 11.5. The molecule has 0 radical (unpaired) electrons. The van der Waals surface area contributed by atoms with E-state index in [4.69, 9.17) is 0 Å². The number of thiophene rings is 1. The van der Waals surface area contributed by atoms with Crippen molar-refractivity contribution in [1.82, 2.24) is 4.98 Å². The number of nitrogens with zero attached hydrogens (tertiary/aromatic N) is 1. The molecule has 17 heavy (non-hydrogen) atoms. The first-order valence-electron chi connectivity index (χ1n) is 4.77. The van der Waals surface area contributed by atoms with Gasteiger partial charge < -0.3 is 4.74 Å². The predicted octanol–water partition coefficient (Wildman–Crippen LogP) is 2.86. The third-order valence-electron chi connectivity index (χ3n) is 2.06. The molecule has 0 aliphatic heterocycles. The van der Waals surface area contributed by atoms with Gasteiger partial charge in [0.05, 0.1) is 12.0 Å². The molecule has 0 aliphatic rings. The molecule has 0 amide bonds. The molecule has 0 aromatic carbocycles. The highest BCUT2D eigenvalue weighted by Crippen LogP contribution is 2.31. The number of thiazole rings is 1. The van der Waals surface area contributed by atoms with E-state index >= 15 is 0 Å². The Bertz CT molecular complexity index is 557. The van der Waals surface area contributed by atoms with Crippen LogP contribution in [0.2, 0.25) is 0 Å². The summed E-state index contributed by atoms with van der Waals surface area (Å²) in [5, 5.41) is 2.59. The summed E-state index contributed by atoms with van der Waals surface area (Å²) in [7, 11) is 1.27. The van der Waals surface area contributed by atoms with Crippen LogP contribution >= 0.6 is 22.7 Å². The Labute approximate surface area is 106 Å². The number of carbonyl (C=O) groups excluding carboxylic acids is 2. The smallest absolute Gasteiger partial charge is 0.358 e. The lowest BCUT2D eigenvalue weighted by Gasteiger charge is -1.95. The standard InChI is InChI=1S/C11H9NO3S2/c1-6(13)9-8(11(14)15-2)12-10(17-9)7-4-3-5-16-7/h3-5H,1-2H3. The van der Waals surface area contributed by atoms with E-state index in [2.05, 4.69) is 9.72 Å². The lowest BCUT2D eigenvalue weighted by atomic mass is 10.3. The van der Waals surface area contributed by atoms with Crippen molar-refractivity contribution < 1.29 is 14.3 Å². The minimum atomic E-state index is -0.575. The van der Waals surface area contributed by atoms with E-state index in [1.54, 1.807) is 0 Å². The number of hydrogen-bond donors (Lipinski definition) is 0. The molecule has 6 heteroatoms. The summed E-state index contributed by atoms with van der Waals surface area (Å²) in [6.45, 7) is 1.41. The minimum Gasteiger partial charge on any atom is -0.464 e. The van der Waals surface area contributed by atoms with Gasteiger partial charge in [-0.1, -0.05) is 6.07 Å². The van der Waals surface area contributed by atoms with Crippen LogP contribution in [0.15, 0.2) is 17.5 Å². The average Bonchev–Trinajstić information content (AvgIpc) is 2.95. The van der Waals surface area contributed by atoms with Crippen LogP contribution in [0.4, 0.5) is 0 Å². The highest BCUT2D eigenvalue weighted by molar-refractivity contribution is 7.22. The van der Waals surface area contributed by atoms with Crippen molar-refractivity contribution in [2.75, 3.05) is 7.11 Å². The second-order valence-electron chi connectivity index (χ2n) is 3.22. The molecule has 88 valence electrons. The van der Waals surface area contributed by atoms with Crippen LogP contribution in [-0.2, 0) is 4.74 Å². The monoisotopic (exact) mass is 267 g/mol. The second-order valence-corrected chi connectivity index (χ2v) is 5.17. The zero-order chi connectivity index (χ0) is 12.4. The lowest BCUT2D eigenvalue weighted by Crippen LogP contribution is -2.06. The third-order valence-corrected chi connectivity index (χ3v) is 4.25. The van der Waals surface area contributed by atoms with Gasteiger partial charge in [0.2, 0.25) is 0 Å². The van der Waals surface area contributed by atoms with Crippen molar-refractivity contribution in [1.29, 1.82) is 0 Å². The lowest BCUT2D eigenvalue weighted by molar-refractivity contribution is 0.0591. The maximum Gasteiger partial charge on any atom is 0.358 e. The zero-order valence-electron chi connectivity index (χ0n) is 9.22. The minimum absolute atomic E-state index is 0.105. The van der Waals surface area contributed by atoms with Gasteiger partial charge in [-0.05, 0) is 11.4 Å². The number of methoxy groups -OCH3 is 1. The summed E-state index contributed by atoms with van der Waals surface area (Å²) < 4.78 is 4.61. The Kier molecular flexibility index (Phi) is 3.35. The number of carbonyl (C=O) groups is 2. The number of ketones is 1. The Morgan fingerprint density at radius 2 is 2.18 bits per heavy atom. The molecule has 2 aromatic rings. The van der Waals surface area contributed by atoms with E-state index in [0.29, 0.717) is 9.88 Å². The molecule has 0 spiro atoms. The first kappa shape index (κ1) is 11.9. The highest BCUT2D eigenvalue weighted by Gasteiger charge is 2.22. The van der Waals surface area contributed by atoms with Gasteiger partial charge in [0, 0.05) is 6.92 Å². The summed E-state index contributed by atoms with van der Waals surface area (Å²) in [6.07, 6.45) is 0. The fraction of sp³-hybridized carbons (Fsp3) is 0.182. The van der Waals surface area contributed by atoms with Gasteiger partial charge in [-0.25, -0.2) is 9.78 Å². The summed E-state index contributed by atoms with van der Waals surface area (Å²) in [5.74, 6) is -0.750. The summed E-state index contributed by atoms with van der Waals surface area (Å²) >= 11 is 2.73. The molecule has 4 nitrogen and oxygen atoms in total. The van der Waals surface area contributed by atoms with Crippen molar-refractivity contribution in [3.8, 4) is 9.88 Å². The topological polar surface area (TPSA) is 56.3 Å². The Morgan fingerprint density at radius 1 is 1.41 bits per heavy atom. The van der Waals surface area contributed by atoms with E-state index in [9.17, 15) is 9.59 Å². The van der Waals surface area contributed by atoms with Crippen molar-refractivity contribution >= 4 is 34.4 Å². The fourth-order valence-electron chi connectivity index (χ4n) is 1.30. The summed E-state index contributed by atoms with van der Waals surface area (Å²) in [5.41, 5.74) is 0.105. The fourth-order valence-corrected chi connectivity index (χ4v) is 3.04. The number of rotatable bonds is 3. The predicted molar refractivity (Wildman–Crippen MR) is 66.8 cm³/mol. The van der Waals surface area contributed by atoms with Gasteiger partial charge in [-0.15, -0.1) is 22.7 Å². The maximum atomic E-state index is 11.5. The molecule has 0 bridgehead atoms. The summed E-state index contributed by atoms with van der Waals surface area (Å²) in [6, 6.07) is 3.79. The van der Waals surface area contributed by atoms with Crippen molar-refractivity contribution in [3.63, 3.8) is 0 Å². The van der Waals surface area contributed by atoms with E-state index in [1.165, 1.54) is 36.7 Å². The van der Waals surface area contributed by atoms with Gasteiger partial charge in [0.25, 0.3) is 0 Å². The molecule has 0 saturated heterocycles. The largest absolute Gasteiger partial charge is 0.464 e. The zero-order valence-corrected chi connectivity index (χ0v) is 10.9. The molecule has 2 rings (SSSR count). The number of ether oxygens (including phenoxy) is 1. The number of Topliss-reactive ketones (excluding diaryl/α,β-unsaturated/α-hetero) is 1. The van der Waals surface area contributed by atoms with Crippen LogP contribution in [0.1, 0.15) is 27.1 Å². The Balaban J connectivity index is 2.52. The first-order valence-corrected chi connectivity index (χ1v) is 6.47. The molecule has 0 fully saturated rings. The summed E-state index contributed by atoms with van der Waals surface area (Å²) in [4.78, 5) is 28.4. The quantitative estimate of drug-likeness (QED) is 0.634. The molecule has 0 atom stereocenters. The molecular formula is C11H9NO3S2. The van der Waals surface area contributed by atoms with Crippen LogP contribution in [0.5, 0.6) is 0 Å². The first-order chi connectivity index (χ1) is 8.13. The van der Waals surface area contributed by atoms with Crippen molar-refractivity contribution in [2.45, 2.75) is 6.92 Å². The van der Waals surface area contributed by atoms with Gasteiger partial charge >= 0.3 is 5.97 Å². The van der Waals surface area contributed by atoms with Gasteiger partial charge in [-0.2, -0.15) is 0 Å². The number of esters is 1. The van der Waals surface area contributed by atoms with Gasteiger partial charge in [-0.3, -0.25) is 4.79 Å². The number of aromatic nitrogens is 1. The molecule has 0 saturated carbocycles. The van der Waals surface area contributed by atoms with Crippen LogP contribution in [0.25, 0.3) is 9.88 Å². The molecule has 2 heterocycles. The van der Waals surface area contributed by atoms with Crippen LogP contribution in [-0.4, -0.2) is 23.8 Å².